The first-order chi connectivity index (χ1) is 4.70. The Morgan fingerprint density at radius 1 is 1.27 bits per heavy atom. The van der Waals surface area contributed by atoms with Gasteiger partial charge in [-0.25, -0.2) is 0 Å². The van der Waals surface area contributed by atoms with Crippen LogP contribution in [0, 0.1) is 6.92 Å². The van der Waals surface area contributed by atoms with Gasteiger partial charge in [0.1, 0.15) is 0 Å². The van der Waals surface area contributed by atoms with E-state index in [4.69, 9.17) is 24.8 Å². The minimum Gasteiger partial charge on any atom is -0.428 e. The molecular formula is C8H7KS2. The van der Waals surface area contributed by atoms with Crippen molar-refractivity contribution in [2.24, 2.45) is 0 Å². The maximum absolute atomic E-state index is 4.82. The third-order valence-corrected chi connectivity index (χ3v) is 1.76. The van der Waals surface area contributed by atoms with Crippen LogP contribution in [0.5, 0.6) is 0 Å². The minimum absolute atomic E-state index is 0. The van der Waals surface area contributed by atoms with E-state index in [1.54, 1.807) is 0 Å². The quantitative estimate of drug-likeness (QED) is 0.336. The molecule has 3 heteroatoms. The second kappa shape index (κ2) is 5.75. The number of thiocarbonyl (C=S) groups is 1. The standard InChI is InChI=1S/C8H8S2.K/c1-6-2-4-7(5-3-6)8(9)10;/h2-5H,1H3,(H,9,10);/q;+1/p-1. The number of benzene rings is 1. The van der Waals surface area contributed by atoms with E-state index < -0.39 is 0 Å². The summed E-state index contributed by atoms with van der Waals surface area (Å²) in [4.78, 5) is 0. The van der Waals surface area contributed by atoms with Gasteiger partial charge >= 0.3 is 51.4 Å². The van der Waals surface area contributed by atoms with Gasteiger partial charge in [0, 0.05) is 0 Å². The molecule has 0 spiro atoms. The molecule has 0 saturated carbocycles. The van der Waals surface area contributed by atoms with E-state index in [9.17, 15) is 0 Å². The van der Waals surface area contributed by atoms with Gasteiger partial charge in [-0.15, -0.1) is 4.20 Å². The van der Waals surface area contributed by atoms with Gasteiger partial charge in [-0.05, 0) is 12.5 Å². The first-order valence-corrected chi connectivity index (χ1v) is 3.80. The molecule has 0 aliphatic heterocycles. The average Bonchev–Trinajstić information content (AvgIpc) is 1.88. The van der Waals surface area contributed by atoms with Crippen LogP contribution in [0.2, 0.25) is 0 Å². The fraction of sp³-hybridized carbons (Fsp3) is 0.125. The molecule has 0 fully saturated rings. The van der Waals surface area contributed by atoms with E-state index in [1.807, 2.05) is 31.2 Å². The largest absolute Gasteiger partial charge is 1.00 e. The molecule has 0 amide bonds. The Kier molecular flexibility index (Phi) is 6.36. The summed E-state index contributed by atoms with van der Waals surface area (Å²) in [5, 5.41) is 0. The van der Waals surface area contributed by atoms with Crippen LogP contribution < -0.4 is 51.4 Å². The second-order valence-electron chi connectivity index (χ2n) is 2.15. The second-order valence-corrected chi connectivity index (χ2v) is 3.23. The Bertz CT molecular complexity index is 241. The molecule has 0 N–H and O–H groups in total. The molecule has 0 bridgehead atoms. The maximum atomic E-state index is 4.82. The zero-order valence-corrected chi connectivity index (χ0v) is 11.4. The maximum Gasteiger partial charge on any atom is 1.00 e. The Balaban J connectivity index is 0.000001000. The topological polar surface area (TPSA) is 0 Å². The Hall–Kier alpha value is 1.17. The van der Waals surface area contributed by atoms with Crippen LogP contribution in [-0.4, -0.2) is 4.20 Å². The summed E-state index contributed by atoms with van der Waals surface area (Å²) in [6, 6.07) is 7.91. The molecule has 0 atom stereocenters. The fourth-order valence-electron chi connectivity index (χ4n) is 0.690. The number of aryl methyl sites for hydroxylation is 1. The van der Waals surface area contributed by atoms with Crippen molar-refractivity contribution in [2.75, 3.05) is 0 Å². The van der Waals surface area contributed by atoms with Gasteiger partial charge in [0.2, 0.25) is 0 Å². The number of hydrogen-bond donors (Lipinski definition) is 0. The number of rotatable bonds is 1. The molecule has 0 saturated heterocycles. The average molecular weight is 206 g/mol. The third kappa shape index (κ3) is 4.08. The summed E-state index contributed by atoms with van der Waals surface area (Å²) < 4.78 is 0.542. The van der Waals surface area contributed by atoms with Crippen molar-refractivity contribution in [3.63, 3.8) is 0 Å². The van der Waals surface area contributed by atoms with Crippen LogP contribution in [0.15, 0.2) is 24.3 Å². The Morgan fingerprint density at radius 3 is 2.09 bits per heavy atom. The molecule has 1 aromatic carbocycles. The van der Waals surface area contributed by atoms with E-state index in [2.05, 4.69) is 0 Å². The summed E-state index contributed by atoms with van der Waals surface area (Å²) in [6.07, 6.45) is 0. The molecule has 11 heavy (non-hydrogen) atoms. The molecule has 0 aliphatic carbocycles. The first-order valence-electron chi connectivity index (χ1n) is 2.98. The molecule has 0 heterocycles. The molecule has 0 radical (unpaired) electrons. The predicted molar refractivity (Wildman–Crippen MR) is 50.2 cm³/mol. The molecule has 0 aliphatic rings. The smallest absolute Gasteiger partial charge is 0.428 e. The molecule has 0 nitrogen and oxygen atoms in total. The van der Waals surface area contributed by atoms with Gasteiger partial charge in [0.25, 0.3) is 0 Å². The van der Waals surface area contributed by atoms with E-state index in [0.29, 0.717) is 4.20 Å². The number of hydrogen-bond acceptors (Lipinski definition) is 2. The summed E-state index contributed by atoms with van der Waals surface area (Å²) in [5.41, 5.74) is 2.20. The molecule has 1 aromatic rings. The van der Waals surface area contributed by atoms with E-state index in [-0.39, 0.29) is 51.4 Å². The zero-order valence-electron chi connectivity index (χ0n) is 6.63. The molecule has 1 rings (SSSR count). The Morgan fingerprint density at radius 2 is 1.73 bits per heavy atom. The van der Waals surface area contributed by atoms with Gasteiger partial charge in [0.15, 0.2) is 0 Å². The van der Waals surface area contributed by atoms with Crippen LogP contribution >= 0.6 is 12.2 Å². The van der Waals surface area contributed by atoms with Crippen LogP contribution in [0.25, 0.3) is 0 Å². The van der Waals surface area contributed by atoms with Crippen LogP contribution in [0.3, 0.4) is 0 Å². The van der Waals surface area contributed by atoms with Crippen molar-refractivity contribution in [3.05, 3.63) is 35.4 Å². The SMILES string of the molecule is Cc1ccc(C(=S)[S-])cc1.[K+]. The van der Waals surface area contributed by atoms with Gasteiger partial charge in [-0.1, -0.05) is 29.8 Å². The van der Waals surface area contributed by atoms with Gasteiger partial charge in [-0.3, -0.25) is 0 Å². The fourth-order valence-corrected chi connectivity index (χ4v) is 0.962. The summed E-state index contributed by atoms with van der Waals surface area (Å²) in [7, 11) is 0. The molecular weight excluding hydrogens is 199 g/mol. The summed E-state index contributed by atoms with van der Waals surface area (Å²) in [6.45, 7) is 2.04. The minimum atomic E-state index is 0. The Labute approximate surface area is 121 Å². The summed E-state index contributed by atoms with van der Waals surface area (Å²) >= 11 is 9.64. The third-order valence-electron chi connectivity index (χ3n) is 1.29. The van der Waals surface area contributed by atoms with E-state index >= 15 is 0 Å². The molecule has 0 unspecified atom stereocenters. The van der Waals surface area contributed by atoms with Crippen molar-refractivity contribution >= 4 is 29.0 Å². The van der Waals surface area contributed by atoms with E-state index in [1.165, 1.54) is 5.56 Å². The monoisotopic (exact) mass is 206 g/mol. The van der Waals surface area contributed by atoms with Crippen molar-refractivity contribution in [1.29, 1.82) is 0 Å². The zero-order chi connectivity index (χ0) is 7.56. The molecule has 52 valence electrons. The van der Waals surface area contributed by atoms with Crippen LogP contribution in [0.4, 0.5) is 0 Å². The van der Waals surface area contributed by atoms with Crippen molar-refractivity contribution in [1.82, 2.24) is 0 Å². The normalized spacial score (nSPS) is 8.45. The van der Waals surface area contributed by atoms with Gasteiger partial charge < -0.3 is 24.8 Å². The van der Waals surface area contributed by atoms with Crippen LogP contribution in [-0.2, 0) is 12.6 Å². The van der Waals surface area contributed by atoms with Gasteiger partial charge in [0.05, 0.1) is 0 Å². The molecule has 0 aromatic heterocycles. The van der Waals surface area contributed by atoms with Crippen LogP contribution in [0.1, 0.15) is 11.1 Å². The van der Waals surface area contributed by atoms with Crippen molar-refractivity contribution in [2.45, 2.75) is 6.92 Å². The summed E-state index contributed by atoms with van der Waals surface area (Å²) in [5.74, 6) is 0. The predicted octanol–water partition coefficient (Wildman–Crippen LogP) is -0.779. The van der Waals surface area contributed by atoms with Crippen molar-refractivity contribution < 1.29 is 51.4 Å². The van der Waals surface area contributed by atoms with E-state index in [0.717, 1.165) is 5.56 Å². The van der Waals surface area contributed by atoms with Crippen molar-refractivity contribution in [3.8, 4) is 0 Å². The first kappa shape index (κ1) is 12.2. The van der Waals surface area contributed by atoms with Gasteiger partial charge in [-0.2, -0.15) is 0 Å².